The molecule has 1 aliphatic heterocycles. The molecule has 0 spiro atoms. The predicted octanol–water partition coefficient (Wildman–Crippen LogP) is 2.39. The number of amides is 2. The topological polar surface area (TPSA) is 113 Å². The number of nitrogens with one attached hydrogen (secondary N) is 1. The van der Waals surface area contributed by atoms with E-state index in [2.05, 4.69) is 33.0 Å². The van der Waals surface area contributed by atoms with Gasteiger partial charge in [0.15, 0.2) is 0 Å². The first-order chi connectivity index (χ1) is 13.0. The van der Waals surface area contributed by atoms with Gasteiger partial charge >= 0.3 is 5.97 Å². The van der Waals surface area contributed by atoms with Crippen molar-refractivity contribution in [2.24, 2.45) is 11.1 Å². The number of nitrogens with two attached hydrogens (primary N) is 1. The molecule has 7 heteroatoms. The third kappa shape index (κ3) is 5.10. The molecule has 28 heavy (non-hydrogen) atoms. The maximum Gasteiger partial charge on any atom is 0.305 e. The molecule has 0 saturated heterocycles. The predicted molar refractivity (Wildman–Crippen MR) is 107 cm³/mol. The molecule has 0 unspecified atom stereocenters. The lowest BCUT2D eigenvalue weighted by Gasteiger charge is -2.38. The summed E-state index contributed by atoms with van der Waals surface area (Å²) in [7, 11) is 0. The van der Waals surface area contributed by atoms with Crippen molar-refractivity contribution in [1.82, 2.24) is 10.2 Å². The van der Waals surface area contributed by atoms with E-state index in [9.17, 15) is 14.4 Å². The minimum Gasteiger partial charge on any atom is -0.481 e. The molecule has 2 amide bonds. The number of fused-ring (bicyclic) bond motifs is 1. The highest BCUT2D eigenvalue weighted by Gasteiger charge is 2.38. The highest BCUT2D eigenvalue weighted by atomic mass is 16.4. The van der Waals surface area contributed by atoms with Crippen LogP contribution in [0.15, 0.2) is 18.2 Å². The van der Waals surface area contributed by atoms with Crippen molar-refractivity contribution in [3.05, 3.63) is 34.9 Å². The highest BCUT2D eigenvalue weighted by molar-refractivity contribution is 6.02. The van der Waals surface area contributed by atoms with E-state index in [4.69, 9.17) is 10.8 Å². The summed E-state index contributed by atoms with van der Waals surface area (Å²) in [4.78, 5) is 37.7. The van der Waals surface area contributed by atoms with E-state index in [1.165, 1.54) is 0 Å². The van der Waals surface area contributed by atoms with Crippen LogP contribution in [-0.4, -0.2) is 46.4 Å². The van der Waals surface area contributed by atoms with Crippen LogP contribution in [0.1, 0.15) is 73.2 Å². The fourth-order valence-electron chi connectivity index (χ4n) is 3.20. The third-order valence-corrected chi connectivity index (χ3v) is 5.50. The number of benzene rings is 1. The molecule has 1 aliphatic rings. The van der Waals surface area contributed by atoms with E-state index in [1.54, 1.807) is 18.2 Å². The second-order valence-electron chi connectivity index (χ2n) is 8.84. The Kier molecular flexibility index (Phi) is 6.49. The molecule has 2 rings (SSSR count). The van der Waals surface area contributed by atoms with Gasteiger partial charge in [0, 0.05) is 29.8 Å². The molecule has 0 bridgehead atoms. The van der Waals surface area contributed by atoms with Crippen LogP contribution in [0.4, 0.5) is 0 Å². The number of rotatable bonds is 9. The maximum absolute atomic E-state index is 13.0. The summed E-state index contributed by atoms with van der Waals surface area (Å²) in [6.45, 7) is 9.53. The summed E-state index contributed by atoms with van der Waals surface area (Å²) in [6, 6.07) is 5.09. The molecule has 7 nitrogen and oxygen atoms in total. The molecule has 0 aromatic heterocycles. The zero-order valence-corrected chi connectivity index (χ0v) is 17.2. The Labute approximate surface area is 166 Å². The van der Waals surface area contributed by atoms with Gasteiger partial charge in [-0.05, 0) is 56.3 Å². The van der Waals surface area contributed by atoms with Gasteiger partial charge in [-0.15, -0.1) is 0 Å². The first kappa shape index (κ1) is 21.9. The maximum atomic E-state index is 13.0. The summed E-state index contributed by atoms with van der Waals surface area (Å²) >= 11 is 0. The molecule has 1 aromatic carbocycles. The van der Waals surface area contributed by atoms with E-state index >= 15 is 0 Å². The summed E-state index contributed by atoms with van der Waals surface area (Å²) in [5.74, 6) is -1.43. The van der Waals surface area contributed by atoms with E-state index in [1.807, 2.05) is 4.90 Å². The normalized spacial score (nSPS) is 14.2. The van der Waals surface area contributed by atoms with E-state index < -0.39 is 5.97 Å². The first-order valence-electron chi connectivity index (χ1n) is 9.62. The van der Waals surface area contributed by atoms with Gasteiger partial charge in [0.25, 0.3) is 11.8 Å². The second-order valence-corrected chi connectivity index (χ2v) is 8.84. The van der Waals surface area contributed by atoms with Crippen molar-refractivity contribution in [3.63, 3.8) is 0 Å². The Balaban J connectivity index is 2.10. The van der Waals surface area contributed by atoms with Gasteiger partial charge < -0.3 is 21.1 Å². The molecule has 1 aromatic rings. The van der Waals surface area contributed by atoms with Crippen molar-refractivity contribution in [1.29, 1.82) is 0 Å². The number of carboxylic acid groups (broad SMARTS) is 1. The Hall–Kier alpha value is -2.41. The Morgan fingerprint density at radius 2 is 1.89 bits per heavy atom. The zero-order chi connectivity index (χ0) is 21.1. The van der Waals surface area contributed by atoms with Crippen LogP contribution in [0, 0.1) is 5.41 Å². The van der Waals surface area contributed by atoms with Gasteiger partial charge in [0.1, 0.15) is 0 Å². The smallest absolute Gasteiger partial charge is 0.305 e. The molecule has 0 atom stereocenters. The molecule has 4 N–H and O–H groups in total. The van der Waals surface area contributed by atoms with Gasteiger partial charge in [0.2, 0.25) is 0 Å². The van der Waals surface area contributed by atoms with E-state index in [-0.39, 0.29) is 35.7 Å². The number of hydrogen-bond donors (Lipinski definition) is 3. The van der Waals surface area contributed by atoms with Crippen LogP contribution >= 0.6 is 0 Å². The first-order valence-corrected chi connectivity index (χ1v) is 9.62. The van der Waals surface area contributed by atoms with Gasteiger partial charge in [-0.25, -0.2) is 0 Å². The molecule has 0 saturated carbocycles. The molecular weight excluding hydrogens is 358 g/mol. The quantitative estimate of drug-likeness (QED) is 0.600. The molecule has 154 valence electrons. The minimum absolute atomic E-state index is 0.0219. The number of carbonyl (C=O) groups is 3. The standard InChI is InChI=1S/C21H31N3O4/c1-20(2,13-22)8-9-21(3,4)24-12-15-6-5-14(11-16(15)19(24)28)18(27)23-10-7-17(25)26/h5-6,11H,7-10,12-13,22H2,1-4H3,(H,23,27)(H,25,26). The summed E-state index contributed by atoms with van der Waals surface area (Å²) < 4.78 is 0. The van der Waals surface area contributed by atoms with Gasteiger partial charge in [-0.1, -0.05) is 19.9 Å². The number of carboxylic acids is 1. The summed E-state index contributed by atoms with van der Waals surface area (Å²) in [5.41, 5.74) is 7.33. The summed E-state index contributed by atoms with van der Waals surface area (Å²) in [6.07, 6.45) is 1.60. The molecule has 1 heterocycles. The minimum atomic E-state index is -0.972. The fraction of sp³-hybridized carbons (Fsp3) is 0.571. The van der Waals surface area contributed by atoms with Crippen LogP contribution in [-0.2, 0) is 11.3 Å². The van der Waals surface area contributed by atoms with E-state index in [0.29, 0.717) is 24.2 Å². The Bertz CT molecular complexity index is 771. The summed E-state index contributed by atoms with van der Waals surface area (Å²) in [5, 5.41) is 11.2. The van der Waals surface area contributed by atoms with Gasteiger partial charge in [0.05, 0.1) is 6.42 Å². The monoisotopic (exact) mass is 389 g/mol. The van der Waals surface area contributed by atoms with Crippen LogP contribution in [0.2, 0.25) is 0 Å². The van der Waals surface area contributed by atoms with Crippen LogP contribution in [0.25, 0.3) is 0 Å². The van der Waals surface area contributed by atoms with Crippen LogP contribution < -0.4 is 11.1 Å². The lowest BCUT2D eigenvalue weighted by atomic mass is 9.82. The Morgan fingerprint density at radius 3 is 2.50 bits per heavy atom. The van der Waals surface area contributed by atoms with Gasteiger partial charge in [-0.3, -0.25) is 14.4 Å². The van der Waals surface area contributed by atoms with Crippen molar-refractivity contribution in [2.75, 3.05) is 13.1 Å². The average Bonchev–Trinajstić information content (AvgIpc) is 2.97. The molecule has 0 aliphatic carbocycles. The molecule has 0 radical (unpaired) electrons. The number of hydrogen-bond acceptors (Lipinski definition) is 4. The average molecular weight is 389 g/mol. The molecular formula is C21H31N3O4. The zero-order valence-electron chi connectivity index (χ0n) is 17.2. The lowest BCUT2D eigenvalue weighted by Crippen LogP contribution is -2.45. The number of nitrogens with zero attached hydrogens (tertiary/aromatic N) is 1. The number of aliphatic carboxylic acids is 1. The SMILES string of the molecule is CC(C)(CN)CCC(C)(C)N1Cc2ccc(C(=O)NCCC(=O)O)cc2C1=O. The third-order valence-electron chi connectivity index (χ3n) is 5.50. The van der Waals surface area contributed by atoms with Crippen LogP contribution in [0.5, 0.6) is 0 Å². The highest BCUT2D eigenvalue weighted by Crippen LogP contribution is 2.35. The fourth-order valence-corrected chi connectivity index (χ4v) is 3.20. The molecule has 0 fully saturated rings. The lowest BCUT2D eigenvalue weighted by molar-refractivity contribution is -0.136. The van der Waals surface area contributed by atoms with Crippen molar-refractivity contribution >= 4 is 17.8 Å². The second kappa shape index (κ2) is 8.31. The van der Waals surface area contributed by atoms with Crippen molar-refractivity contribution in [2.45, 2.75) is 59.0 Å². The van der Waals surface area contributed by atoms with Crippen molar-refractivity contribution in [3.8, 4) is 0 Å². The van der Waals surface area contributed by atoms with Crippen LogP contribution in [0.3, 0.4) is 0 Å². The van der Waals surface area contributed by atoms with E-state index in [0.717, 1.165) is 18.4 Å². The van der Waals surface area contributed by atoms with Crippen molar-refractivity contribution < 1.29 is 19.5 Å². The largest absolute Gasteiger partial charge is 0.481 e. The number of carbonyl (C=O) groups excluding carboxylic acids is 2. The Morgan fingerprint density at radius 1 is 1.21 bits per heavy atom. The van der Waals surface area contributed by atoms with Gasteiger partial charge in [-0.2, -0.15) is 0 Å².